The number of rotatable bonds is 3. The Kier molecular flexibility index (Phi) is 4.36. The summed E-state index contributed by atoms with van der Waals surface area (Å²) >= 11 is 6.16. The van der Waals surface area contributed by atoms with Crippen LogP contribution in [0, 0.1) is 0 Å². The van der Waals surface area contributed by atoms with Gasteiger partial charge in [-0.1, -0.05) is 35.9 Å². The Morgan fingerprint density at radius 3 is 3.04 bits per heavy atom. The summed E-state index contributed by atoms with van der Waals surface area (Å²) in [5.41, 5.74) is 3.35. The topological polar surface area (TPSA) is 47.6 Å². The van der Waals surface area contributed by atoms with Crippen molar-refractivity contribution >= 4 is 23.6 Å². The highest BCUT2D eigenvalue weighted by molar-refractivity contribution is 6.32. The number of nitrogens with one attached hydrogen (secondary N) is 1. The number of hydrogen-bond acceptors (Lipinski definition) is 3. The molecule has 0 radical (unpaired) electrons. The Labute approximate surface area is 151 Å². The number of benzene rings is 2. The van der Waals surface area contributed by atoms with Crippen molar-refractivity contribution in [2.45, 2.75) is 25.3 Å². The summed E-state index contributed by atoms with van der Waals surface area (Å²) in [7, 11) is 0. The normalized spacial score (nSPS) is 18.2. The highest BCUT2D eigenvalue weighted by Gasteiger charge is 2.21. The molecule has 1 aliphatic carbocycles. The van der Waals surface area contributed by atoms with Crippen LogP contribution < -0.4 is 14.8 Å². The third-order valence-electron chi connectivity index (χ3n) is 4.56. The number of halogens is 1. The number of ether oxygens (including phenoxy) is 2. The molecule has 0 aromatic heterocycles. The van der Waals surface area contributed by atoms with Gasteiger partial charge in [0.05, 0.1) is 11.1 Å². The van der Waals surface area contributed by atoms with Gasteiger partial charge in [0.15, 0.2) is 11.5 Å². The van der Waals surface area contributed by atoms with Gasteiger partial charge in [-0.05, 0) is 54.2 Å². The number of aryl methyl sites for hydroxylation is 1. The van der Waals surface area contributed by atoms with Gasteiger partial charge in [-0.2, -0.15) is 0 Å². The summed E-state index contributed by atoms with van der Waals surface area (Å²) in [5, 5.41) is 3.58. The standard InChI is InChI=1S/C20H18ClNO3/c21-16-10-13(11-18-20(16)25-12-24-18)8-9-19(23)22-17-7-3-5-14-4-1-2-6-15(14)17/h1-2,4,6,8-11,17H,3,5,7,12H2,(H,22,23)/b9-8+/t17-/m0/s1. The van der Waals surface area contributed by atoms with E-state index < -0.39 is 0 Å². The van der Waals surface area contributed by atoms with Crippen LogP contribution in [0.5, 0.6) is 11.5 Å². The molecule has 1 heterocycles. The second kappa shape index (κ2) is 6.81. The van der Waals surface area contributed by atoms with E-state index in [-0.39, 0.29) is 18.7 Å². The minimum absolute atomic E-state index is 0.0717. The maximum atomic E-state index is 12.3. The van der Waals surface area contributed by atoms with Gasteiger partial charge in [0.1, 0.15) is 0 Å². The van der Waals surface area contributed by atoms with E-state index in [2.05, 4.69) is 17.4 Å². The van der Waals surface area contributed by atoms with Crippen molar-refractivity contribution in [2.24, 2.45) is 0 Å². The first-order valence-corrected chi connectivity index (χ1v) is 8.74. The molecule has 0 unspecified atom stereocenters. The molecular weight excluding hydrogens is 338 g/mol. The second-order valence-electron chi connectivity index (χ2n) is 6.22. The molecule has 1 atom stereocenters. The first-order chi connectivity index (χ1) is 12.2. The van der Waals surface area contributed by atoms with Crippen LogP contribution in [-0.4, -0.2) is 12.7 Å². The quantitative estimate of drug-likeness (QED) is 0.836. The number of carbonyl (C=O) groups is 1. The zero-order chi connectivity index (χ0) is 17.2. The predicted octanol–water partition coefficient (Wildman–Crippen LogP) is 4.28. The summed E-state index contributed by atoms with van der Waals surface area (Å²) in [6.45, 7) is 0.170. The van der Waals surface area contributed by atoms with E-state index in [1.165, 1.54) is 17.2 Å². The van der Waals surface area contributed by atoms with Crippen LogP contribution in [0.25, 0.3) is 6.08 Å². The molecule has 1 amide bonds. The van der Waals surface area contributed by atoms with Gasteiger partial charge < -0.3 is 14.8 Å². The third-order valence-corrected chi connectivity index (χ3v) is 4.84. The molecular formula is C20H18ClNO3. The molecule has 0 saturated heterocycles. The fourth-order valence-corrected chi connectivity index (χ4v) is 3.65. The predicted molar refractivity (Wildman–Crippen MR) is 96.9 cm³/mol. The summed E-state index contributed by atoms with van der Waals surface area (Å²) < 4.78 is 10.6. The van der Waals surface area contributed by atoms with Crippen LogP contribution in [-0.2, 0) is 11.2 Å². The molecule has 4 rings (SSSR count). The molecule has 0 spiro atoms. The smallest absolute Gasteiger partial charge is 0.244 e. The number of hydrogen-bond donors (Lipinski definition) is 1. The SMILES string of the molecule is O=C(/C=C/c1cc(Cl)c2c(c1)OCO2)N[C@H]1CCCc2ccccc21. The Hall–Kier alpha value is -2.46. The van der Waals surface area contributed by atoms with Crippen LogP contribution in [0.15, 0.2) is 42.5 Å². The van der Waals surface area contributed by atoms with E-state index in [0.717, 1.165) is 24.8 Å². The number of carbonyl (C=O) groups excluding carboxylic acids is 1. The molecule has 128 valence electrons. The summed E-state index contributed by atoms with van der Waals surface area (Å²) in [6.07, 6.45) is 6.40. The van der Waals surface area contributed by atoms with Crippen LogP contribution in [0.2, 0.25) is 5.02 Å². The zero-order valence-corrected chi connectivity index (χ0v) is 14.4. The molecule has 2 aromatic carbocycles. The zero-order valence-electron chi connectivity index (χ0n) is 13.6. The van der Waals surface area contributed by atoms with E-state index in [1.54, 1.807) is 12.1 Å². The van der Waals surface area contributed by atoms with Crippen molar-refractivity contribution in [3.8, 4) is 11.5 Å². The average Bonchev–Trinajstić information content (AvgIpc) is 3.10. The lowest BCUT2D eigenvalue weighted by atomic mass is 9.88. The maximum Gasteiger partial charge on any atom is 0.244 e. The molecule has 5 heteroatoms. The Morgan fingerprint density at radius 2 is 2.12 bits per heavy atom. The van der Waals surface area contributed by atoms with Crippen LogP contribution in [0.3, 0.4) is 0 Å². The number of fused-ring (bicyclic) bond motifs is 2. The largest absolute Gasteiger partial charge is 0.454 e. The molecule has 0 bridgehead atoms. The van der Waals surface area contributed by atoms with Crippen LogP contribution in [0.1, 0.15) is 35.6 Å². The van der Waals surface area contributed by atoms with E-state index in [9.17, 15) is 4.79 Å². The van der Waals surface area contributed by atoms with Crippen molar-refractivity contribution in [2.75, 3.05) is 6.79 Å². The Bertz CT molecular complexity index is 847. The van der Waals surface area contributed by atoms with Crippen LogP contribution in [0.4, 0.5) is 0 Å². The Balaban J connectivity index is 1.46. The Morgan fingerprint density at radius 1 is 1.24 bits per heavy atom. The fraction of sp³-hybridized carbons (Fsp3) is 0.250. The first-order valence-electron chi connectivity index (χ1n) is 8.36. The van der Waals surface area contributed by atoms with E-state index >= 15 is 0 Å². The molecule has 2 aromatic rings. The monoisotopic (exact) mass is 355 g/mol. The van der Waals surface area contributed by atoms with Gasteiger partial charge >= 0.3 is 0 Å². The minimum atomic E-state index is -0.115. The molecule has 0 fully saturated rings. The van der Waals surface area contributed by atoms with Gasteiger partial charge in [-0.15, -0.1) is 0 Å². The van der Waals surface area contributed by atoms with Gasteiger partial charge in [0.25, 0.3) is 0 Å². The van der Waals surface area contributed by atoms with E-state index in [0.29, 0.717) is 16.5 Å². The van der Waals surface area contributed by atoms with Crippen molar-refractivity contribution in [1.29, 1.82) is 0 Å². The first kappa shape index (κ1) is 16.0. The van der Waals surface area contributed by atoms with Gasteiger partial charge in [-0.25, -0.2) is 0 Å². The molecule has 1 N–H and O–H groups in total. The van der Waals surface area contributed by atoms with E-state index in [1.807, 2.05) is 18.2 Å². The van der Waals surface area contributed by atoms with Gasteiger partial charge in [0.2, 0.25) is 12.7 Å². The van der Waals surface area contributed by atoms with Crippen LogP contribution >= 0.6 is 11.6 Å². The summed E-state index contributed by atoms with van der Waals surface area (Å²) in [5.74, 6) is 1.05. The van der Waals surface area contributed by atoms with Crippen molar-refractivity contribution < 1.29 is 14.3 Å². The average molecular weight is 356 g/mol. The molecule has 25 heavy (non-hydrogen) atoms. The maximum absolute atomic E-state index is 12.3. The fourth-order valence-electron chi connectivity index (χ4n) is 3.38. The lowest BCUT2D eigenvalue weighted by Crippen LogP contribution is -2.29. The second-order valence-corrected chi connectivity index (χ2v) is 6.63. The molecule has 4 nitrogen and oxygen atoms in total. The van der Waals surface area contributed by atoms with Crippen molar-refractivity contribution in [3.63, 3.8) is 0 Å². The highest BCUT2D eigenvalue weighted by atomic mass is 35.5. The summed E-state index contributed by atoms with van der Waals surface area (Å²) in [4.78, 5) is 12.3. The van der Waals surface area contributed by atoms with Gasteiger partial charge in [0, 0.05) is 6.08 Å². The van der Waals surface area contributed by atoms with Gasteiger partial charge in [-0.3, -0.25) is 4.79 Å². The lowest BCUT2D eigenvalue weighted by molar-refractivity contribution is -0.117. The molecule has 0 saturated carbocycles. The highest BCUT2D eigenvalue weighted by Crippen LogP contribution is 2.40. The minimum Gasteiger partial charge on any atom is -0.454 e. The molecule has 1 aliphatic heterocycles. The number of amides is 1. The van der Waals surface area contributed by atoms with E-state index in [4.69, 9.17) is 21.1 Å². The third kappa shape index (κ3) is 3.35. The molecule has 2 aliphatic rings. The summed E-state index contributed by atoms with van der Waals surface area (Å²) in [6, 6.07) is 11.9. The van der Waals surface area contributed by atoms with Crippen molar-refractivity contribution in [1.82, 2.24) is 5.32 Å². The lowest BCUT2D eigenvalue weighted by Gasteiger charge is -2.25. The van der Waals surface area contributed by atoms with Crippen molar-refractivity contribution in [3.05, 3.63) is 64.2 Å².